The van der Waals surface area contributed by atoms with E-state index in [0.717, 1.165) is 24.2 Å². The van der Waals surface area contributed by atoms with Crippen molar-refractivity contribution in [2.45, 2.75) is 64.1 Å². The summed E-state index contributed by atoms with van der Waals surface area (Å²) in [7, 11) is 0. The lowest BCUT2D eigenvalue weighted by Gasteiger charge is -2.27. The number of hydrogen-bond acceptors (Lipinski definition) is 6. The fraction of sp³-hybridized carbons (Fsp3) is 0.609. The molecule has 8 heteroatoms. The number of aliphatic carboxylic acids is 1. The highest BCUT2D eigenvalue weighted by atomic mass is 16.4. The van der Waals surface area contributed by atoms with Gasteiger partial charge in [0, 0.05) is 18.8 Å². The van der Waals surface area contributed by atoms with Crippen molar-refractivity contribution < 1.29 is 19.5 Å². The predicted octanol–water partition coefficient (Wildman–Crippen LogP) is 1.94. The van der Waals surface area contributed by atoms with Crippen molar-refractivity contribution in [3.8, 4) is 0 Å². The maximum atomic E-state index is 12.9. The van der Waals surface area contributed by atoms with Crippen molar-refractivity contribution in [2.24, 2.45) is 17.6 Å². The Hall–Kier alpha value is -2.45. The topological polar surface area (TPSA) is 125 Å². The second-order valence-corrected chi connectivity index (χ2v) is 8.93. The highest BCUT2D eigenvalue weighted by molar-refractivity contribution is 5.99. The number of rotatable bonds is 8. The number of likely N-dealkylation sites (tertiary alicyclic amines) is 1. The molecule has 2 amide bonds. The van der Waals surface area contributed by atoms with Crippen LogP contribution in [0.5, 0.6) is 0 Å². The molecule has 1 aliphatic heterocycles. The van der Waals surface area contributed by atoms with E-state index < -0.39 is 17.9 Å². The number of carboxylic acid groups (broad SMARTS) is 1. The fourth-order valence-corrected chi connectivity index (χ4v) is 4.79. The molecule has 1 aromatic carbocycles. The van der Waals surface area contributed by atoms with Crippen LogP contribution in [0, 0.1) is 11.8 Å². The maximum absolute atomic E-state index is 12.9. The van der Waals surface area contributed by atoms with Gasteiger partial charge in [-0.25, -0.2) is 0 Å². The van der Waals surface area contributed by atoms with Crippen molar-refractivity contribution in [3.63, 3.8) is 0 Å². The number of nitrogens with one attached hydrogen (secondary N) is 2. The number of hydrogen-bond donors (Lipinski definition) is 4. The van der Waals surface area contributed by atoms with Crippen LogP contribution in [0.25, 0.3) is 0 Å². The Morgan fingerprint density at radius 1 is 1.13 bits per heavy atom. The summed E-state index contributed by atoms with van der Waals surface area (Å²) >= 11 is 0. The minimum atomic E-state index is -0.912. The van der Waals surface area contributed by atoms with Crippen LogP contribution in [0.1, 0.15) is 51.0 Å². The summed E-state index contributed by atoms with van der Waals surface area (Å²) in [6.45, 7) is 2.88. The fourth-order valence-electron chi connectivity index (χ4n) is 4.79. The van der Waals surface area contributed by atoms with E-state index in [0.29, 0.717) is 18.4 Å². The maximum Gasteiger partial charge on any atom is 0.322 e. The molecule has 3 atom stereocenters. The Morgan fingerprint density at radius 3 is 2.42 bits per heavy atom. The van der Waals surface area contributed by atoms with Gasteiger partial charge in [0.25, 0.3) is 0 Å². The molecule has 8 nitrogen and oxygen atoms in total. The summed E-state index contributed by atoms with van der Waals surface area (Å²) in [5, 5.41) is 14.1. The lowest BCUT2D eigenvalue weighted by Crippen LogP contribution is -2.49. The zero-order valence-electron chi connectivity index (χ0n) is 18.2. The molecular formula is C23H34N4O4. The number of carboxylic acids is 1. The van der Waals surface area contributed by atoms with Gasteiger partial charge in [-0.3, -0.25) is 24.6 Å². The zero-order valence-corrected chi connectivity index (χ0v) is 18.2. The number of nitrogens with zero attached hydrogens (tertiary/aromatic N) is 1. The van der Waals surface area contributed by atoms with E-state index in [2.05, 4.69) is 15.5 Å². The van der Waals surface area contributed by atoms with Gasteiger partial charge in [-0.2, -0.15) is 0 Å². The van der Waals surface area contributed by atoms with Crippen molar-refractivity contribution in [3.05, 3.63) is 29.8 Å². The molecule has 1 saturated heterocycles. The van der Waals surface area contributed by atoms with Crippen LogP contribution >= 0.6 is 0 Å². The van der Waals surface area contributed by atoms with E-state index in [-0.39, 0.29) is 18.5 Å². The Labute approximate surface area is 183 Å². The molecule has 5 N–H and O–H groups in total. The molecule has 2 fully saturated rings. The van der Waals surface area contributed by atoms with Gasteiger partial charge in [0.1, 0.15) is 6.54 Å². The van der Waals surface area contributed by atoms with Gasteiger partial charge >= 0.3 is 5.97 Å². The molecular weight excluding hydrogens is 396 g/mol. The molecule has 2 aliphatic rings. The van der Waals surface area contributed by atoms with Crippen LogP contribution in [-0.4, -0.2) is 53.0 Å². The van der Waals surface area contributed by atoms with Crippen LogP contribution < -0.4 is 16.4 Å². The van der Waals surface area contributed by atoms with Gasteiger partial charge in [0.15, 0.2) is 0 Å². The monoisotopic (exact) mass is 430 g/mol. The molecule has 0 spiro atoms. The molecule has 1 saturated carbocycles. The van der Waals surface area contributed by atoms with Gasteiger partial charge in [-0.05, 0) is 42.9 Å². The van der Waals surface area contributed by atoms with E-state index in [4.69, 9.17) is 10.8 Å². The van der Waals surface area contributed by atoms with Crippen molar-refractivity contribution in [1.29, 1.82) is 0 Å². The molecule has 0 aromatic heterocycles. The second kappa shape index (κ2) is 10.7. The van der Waals surface area contributed by atoms with Crippen molar-refractivity contribution in [1.82, 2.24) is 10.2 Å². The molecule has 1 unspecified atom stereocenters. The third-order valence-electron chi connectivity index (χ3n) is 6.50. The Kier molecular flexibility index (Phi) is 8.03. The molecule has 0 bridgehead atoms. The summed E-state index contributed by atoms with van der Waals surface area (Å²) in [6, 6.07) is 6.52. The van der Waals surface area contributed by atoms with E-state index in [1.807, 2.05) is 24.3 Å². The van der Waals surface area contributed by atoms with Gasteiger partial charge < -0.3 is 16.2 Å². The van der Waals surface area contributed by atoms with Crippen LogP contribution in [0.2, 0.25) is 0 Å². The van der Waals surface area contributed by atoms with Gasteiger partial charge in [-0.15, -0.1) is 0 Å². The van der Waals surface area contributed by atoms with E-state index in [1.165, 1.54) is 32.1 Å². The Morgan fingerprint density at radius 2 is 1.81 bits per heavy atom. The third-order valence-corrected chi connectivity index (χ3v) is 6.50. The van der Waals surface area contributed by atoms with E-state index >= 15 is 0 Å². The smallest absolute Gasteiger partial charge is 0.322 e. The summed E-state index contributed by atoms with van der Waals surface area (Å²) in [5.41, 5.74) is 7.41. The number of benzene rings is 1. The predicted molar refractivity (Wildman–Crippen MR) is 118 cm³/mol. The van der Waals surface area contributed by atoms with Crippen LogP contribution in [-0.2, 0) is 20.9 Å². The quantitative estimate of drug-likeness (QED) is 0.497. The van der Waals surface area contributed by atoms with Crippen LogP contribution in [0.4, 0.5) is 5.69 Å². The number of anilines is 1. The van der Waals surface area contributed by atoms with Crippen LogP contribution in [0.15, 0.2) is 24.3 Å². The number of carbonyl (C=O) groups excluding carboxylic acids is 2. The number of imide groups is 1. The second-order valence-electron chi connectivity index (χ2n) is 8.93. The highest BCUT2D eigenvalue weighted by Crippen LogP contribution is 2.38. The van der Waals surface area contributed by atoms with Crippen molar-refractivity contribution >= 4 is 23.5 Å². The lowest BCUT2D eigenvalue weighted by molar-refractivity contribution is -0.135. The molecule has 1 heterocycles. The molecule has 31 heavy (non-hydrogen) atoms. The minimum absolute atomic E-state index is 0.135. The Bertz CT molecular complexity index is 774. The SMILES string of the molecule is C[C@H](N)C(=O)NC(=O)[C@@H]1CC(C2CCCCC2)CN1Cc1ccc(NCC(=O)O)cc1. The Balaban J connectivity index is 1.68. The van der Waals surface area contributed by atoms with Crippen molar-refractivity contribution in [2.75, 3.05) is 18.4 Å². The number of carbonyl (C=O) groups is 3. The van der Waals surface area contributed by atoms with E-state index in [9.17, 15) is 14.4 Å². The number of nitrogens with two attached hydrogens (primary N) is 1. The summed E-state index contributed by atoms with van der Waals surface area (Å²) < 4.78 is 0. The first-order valence-corrected chi connectivity index (χ1v) is 11.2. The molecule has 1 aromatic rings. The summed E-state index contributed by atoms with van der Waals surface area (Å²) in [4.78, 5) is 37.8. The number of amides is 2. The summed E-state index contributed by atoms with van der Waals surface area (Å²) in [6.07, 6.45) is 7.01. The molecule has 1 aliphatic carbocycles. The van der Waals surface area contributed by atoms with Gasteiger partial charge in [-0.1, -0.05) is 44.2 Å². The van der Waals surface area contributed by atoms with Crippen LogP contribution in [0.3, 0.4) is 0 Å². The highest BCUT2D eigenvalue weighted by Gasteiger charge is 2.40. The first-order chi connectivity index (χ1) is 14.8. The van der Waals surface area contributed by atoms with Gasteiger partial charge in [0.05, 0.1) is 12.1 Å². The van der Waals surface area contributed by atoms with E-state index in [1.54, 1.807) is 6.92 Å². The largest absolute Gasteiger partial charge is 0.480 e. The third kappa shape index (κ3) is 6.51. The first-order valence-electron chi connectivity index (χ1n) is 11.2. The molecule has 3 rings (SSSR count). The molecule has 0 radical (unpaired) electrons. The zero-order chi connectivity index (χ0) is 22.4. The molecule has 170 valence electrons. The standard InChI is InChI=1S/C23H34N4O4/c1-15(24)22(30)26-23(31)20-11-18(17-5-3-2-4-6-17)14-27(20)13-16-7-9-19(10-8-16)25-12-21(28)29/h7-10,15,17-18,20,25H,2-6,11-14,24H2,1H3,(H,28,29)(H,26,30,31)/t15-,18?,20-/m0/s1. The first kappa shape index (κ1) is 23.2. The summed E-state index contributed by atoms with van der Waals surface area (Å²) in [5.74, 6) is -0.524. The lowest BCUT2D eigenvalue weighted by atomic mass is 9.79. The normalized spacial score (nSPS) is 23.3. The average molecular weight is 431 g/mol. The minimum Gasteiger partial charge on any atom is -0.480 e. The average Bonchev–Trinajstić information content (AvgIpc) is 3.17. The van der Waals surface area contributed by atoms with Gasteiger partial charge in [0.2, 0.25) is 11.8 Å².